The lowest BCUT2D eigenvalue weighted by molar-refractivity contribution is -0.137. The van der Waals surface area contributed by atoms with Crippen molar-refractivity contribution in [2.45, 2.75) is 37.9 Å². The third-order valence-corrected chi connectivity index (χ3v) is 2.70. The molecule has 0 unspecified atom stereocenters. The molecule has 1 aliphatic carbocycles. The topological polar surface area (TPSA) is 42.6 Å². The lowest BCUT2D eigenvalue weighted by Crippen LogP contribution is -2.49. The summed E-state index contributed by atoms with van der Waals surface area (Å²) in [5, 5.41) is 10.0. The van der Waals surface area contributed by atoms with Crippen LogP contribution in [0.15, 0.2) is 22.8 Å². The van der Waals surface area contributed by atoms with Gasteiger partial charge < -0.3 is 14.3 Å². The SMILES string of the molecule is CCOC1CC(O)(Cc2ccco2)C1. The predicted molar refractivity (Wildman–Crippen MR) is 52.0 cm³/mol. The lowest BCUT2D eigenvalue weighted by Gasteiger charge is -2.42. The van der Waals surface area contributed by atoms with Gasteiger partial charge in [0.25, 0.3) is 0 Å². The molecule has 0 aliphatic heterocycles. The third kappa shape index (κ3) is 1.99. The van der Waals surface area contributed by atoms with Crippen molar-refractivity contribution in [3.63, 3.8) is 0 Å². The van der Waals surface area contributed by atoms with Crippen LogP contribution < -0.4 is 0 Å². The quantitative estimate of drug-likeness (QED) is 0.797. The molecule has 0 atom stereocenters. The van der Waals surface area contributed by atoms with Crippen LogP contribution in [-0.2, 0) is 11.2 Å². The molecule has 1 aromatic rings. The van der Waals surface area contributed by atoms with E-state index in [0.717, 1.165) is 25.2 Å². The van der Waals surface area contributed by atoms with Gasteiger partial charge in [-0.2, -0.15) is 0 Å². The highest BCUT2D eigenvalue weighted by molar-refractivity contribution is 5.07. The van der Waals surface area contributed by atoms with E-state index in [-0.39, 0.29) is 6.10 Å². The average Bonchev–Trinajstić information content (AvgIpc) is 2.54. The van der Waals surface area contributed by atoms with Gasteiger partial charge in [-0.1, -0.05) is 0 Å². The molecule has 0 spiro atoms. The maximum Gasteiger partial charge on any atom is 0.106 e. The maximum absolute atomic E-state index is 10.0. The second-order valence-corrected chi connectivity index (χ2v) is 3.97. The van der Waals surface area contributed by atoms with Crippen molar-refractivity contribution in [1.29, 1.82) is 0 Å². The van der Waals surface area contributed by atoms with Crippen molar-refractivity contribution in [3.05, 3.63) is 24.2 Å². The van der Waals surface area contributed by atoms with Crippen LogP contribution in [-0.4, -0.2) is 23.4 Å². The Balaban J connectivity index is 1.83. The summed E-state index contributed by atoms with van der Waals surface area (Å²) in [6.45, 7) is 2.70. The predicted octanol–water partition coefficient (Wildman–Crippen LogP) is 1.75. The van der Waals surface area contributed by atoms with Crippen LogP contribution in [0.3, 0.4) is 0 Å². The van der Waals surface area contributed by atoms with Crippen molar-refractivity contribution >= 4 is 0 Å². The normalized spacial score (nSPS) is 31.4. The van der Waals surface area contributed by atoms with E-state index >= 15 is 0 Å². The molecule has 0 saturated heterocycles. The van der Waals surface area contributed by atoms with Gasteiger partial charge in [0.1, 0.15) is 5.76 Å². The lowest BCUT2D eigenvalue weighted by atomic mass is 9.75. The first-order valence-electron chi connectivity index (χ1n) is 5.08. The first-order valence-corrected chi connectivity index (χ1v) is 5.08. The van der Waals surface area contributed by atoms with E-state index < -0.39 is 5.60 Å². The number of rotatable bonds is 4. The minimum absolute atomic E-state index is 0.236. The first-order chi connectivity index (χ1) is 6.72. The van der Waals surface area contributed by atoms with Crippen LogP contribution in [0, 0.1) is 0 Å². The highest BCUT2D eigenvalue weighted by Crippen LogP contribution is 2.37. The van der Waals surface area contributed by atoms with Crippen LogP contribution in [0.25, 0.3) is 0 Å². The van der Waals surface area contributed by atoms with Crippen LogP contribution in [0.5, 0.6) is 0 Å². The third-order valence-electron chi connectivity index (χ3n) is 2.70. The zero-order valence-electron chi connectivity index (χ0n) is 8.40. The fourth-order valence-electron chi connectivity index (χ4n) is 2.02. The zero-order chi connectivity index (χ0) is 10.0. The second kappa shape index (κ2) is 3.75. The van der Waals surface area contributed by atoms with E-state index in [1.54, 1.807) is 6.26 Å². The molecule has 1 fully saturated rings. The Bertz CT molecular complexity index is 273. The van der Waals surface area contributed by atoms with Crippen molar-refractivity contribution in [2.24, 2.45) is 0 Å². The summed E-state index contributed by atoms with van der Waals surface area (Å²) in [5.74, 6) is 0.849. The molecule has 1 N–H and O–H groups in total. The summed E-state index contributed by atoms with van der Waals surface area (Å²) in [4.78, 5) is 0. The van der Waals surface area contributed by atoms with Crippen molar-refractivity contribution in [2.75, 3.05) is 6.61 Å². The molecule has 1 aliphatic rings. The van der Waals surface area contributed by atoms with E-state index in [2.05, 4.69) is 0 Å². The number of ether oxygens (including phenoxy) is 1. The van der Waals surface area contributed by atoms with E-state index in [4.69, 9.17) is 9.15 Å². The number of aliphatic hydroxyl groups is 1. The Morgan fingerprint density at radius 1 is 1.64 bits per heavy atom. The molecule has 3 nitrogen and oxygen atoms in total. The minimum Gasteiger partial charge on any atom is -0.469 e. The van der Waals surface area contributed by atoms with Gasteiger partial charge in [0.05, 0.1) is 18.0 Å². The molecule has 14 heavy (non-hydrogen) atoms. The molecule has 3 heteroatoms. The summed E-state index contributed by atoms with van der Waals surface area (Å²) >= 11 is 0. The molecule has 2 rings (SSSR count). The van der Waals surface area contributed by atoms with Gasteiger partial charge in [0, 0.05) is 25.9 Å². The Labute approximate surface area is 83.7 Å². The van der Waals surface area contributed by atoms with E-state index in [0.29, 0.717) is 6.42 Å². The van der Waals surface area contributed by atoms with Crippen LogP contribution in [0.1, 0.15) is 25.5 Å². The standard InChI is InChI=1S/C11H16O3/c1-2-13-10-7-11(12,8-10)6-9-4-3-5-14-9/h3-5,10,12H,2,6-8H2,1H3. The highest BCUT2D eigenvalue weighted by atomic mass is 16.5. The van der Waals surface area contributed by atoms with Crippen molar-refractivity contribution in [1.82, 2.24) is 0 Å². The molecule has 0 aromatic carbocycles. The summed E-state index contributed by atoms with van der Waals surface area (Å²) in [6.07, 6.45) is 3.92. The van der Waals surface area contributed by atoms with Gasteiger partial charge in [-0.3, -0.25) is 0 Å². The fourth-order valence-corrected chi connectivity index (χ4v) is 2.02. The molecule has 78 valence electrons. The van der Waals surface area contributed by atoms with Gasteiger partial charge in [-0.25, -0.2) is 0 Å². The van der Waals surface area contributed by atoms with Crippen molar-refractivity contribution < 1.29 is 14.3 Å². The van der Waals surface area contributed by atoms with Gasteiger partial charge in [0.2, 0.25) is 0 Å². The van der Waals surface area contributed by atoms with Crippen LogP contribution in [0.4, 0.5) is 0 Å². The van der Waals surface area contributed by atoms with Crippen molar-refractivity contribution in [3.8, 4) is 0 Å². The summed E-state index contributed by atoms with van der Waals surface area (Å²) in [6, 6.07) is 3.74. The monoisotopic (exact) mass is 196 g/mol. The zero-order valence-corrected chi connectivity index (χ0v) is 8.40. The van der Waals surface area contributed by atoms with E-state index in [9.17, 15) is 5.11 Å². The Hall–Kier alpha value is -0.800. The van der Waals surface area contributed by atoms with Gasteiger partial charge in [-0.05, 0) is 19.1 Å². The Morgan fingerprint density at radius 2 is 2.43 bits per heavy atom. The molecular formula is C11H16O3. The molecule has 1 aromatic heterocycles. The molecular weight excluding hydrogens is 180 g/mol. The van der Waals surface area contributed by atoms with Gasteiger partial charge >= 0.3 is 0 Å². The van der Waals surface area contributed by atoms with Gasteiger partial charge in [0.15, 0.2) is 0 Å². The van der Waals surface area contributed by atoms with Gasteiger partial charge in [-0.15, -0.1) is 0 Å². The molecule has 1 heterocycles. The molecule has 0 amide bonds. The number of furan rings is 1. The summed E-state index contributed by atoms with van der Waals surface area (Å²) < 4.78 is 10.6. The summed E-state index contributed by atoms with van der Waals surface area (Å²) in [5.41, 5.74) is -0.600. The number of hydrogen-bond acceptors (Lipinski definition) is 3. The fraction of sp³-hybridized carbons (Fsp3) is 0.636. The number of hydrogen-bond donors (Lipinski definition) is 1. The first kappa shape index (κ1) is 9.74. The largest absolute Gasteiger partial charge is 0.469 e. The maximum atomic E-state index is 10.0. The van der Waals surface area contributed by atoms with E-state index in [1.165, 1.54) is 0 Å². The van der Waals surface area contributed by atoms with Crippen LogP contribution in [0.2, 0.25) is 0 Å². The van der Waals surface area contributed by atoms with Crippen LogP contribution >= 0.6 is 0 Å². The second-order valence-electron chi connectivity index (χ2n) is 3.97. The smallest absolute Gasteiger partial charge is 0.106 e. The summed E-state index contributed by atoms with van der Waals surface area (Å²) in [7, 11) is 0. The van der Waals surface area contributed by atoms with E-state index in [1.807, 2.05) is 19.1 Å². The average molecular weight is 196 g/mol. The molecule has 1 saturated carbocycles. The Morgan fingerprint density at radius 3 is 3.00 bits per heavy atom. The Kier molecular flexibility index (Phi) is 2.61. The highest BCUT2D eigenvalue weighted by Gasteiger charge is 2.43. The minimum atomic E-state index is -0.600. The molecule has 0 bridgehead atoms. The molecule has 0 radical (unpaired) electrons.